The van der Waals surface area contributed by atoms with Crippen molar-refractivity contribution in [3.63, 3.8) is 0 Å². The standard InChI is InChI=1S/C26H24FN7O2S/c1-17-16-33(13-11-28-17)22-8-7-20(14-21(22)27)31-26-30-15-19-9-12-34(25(19)32-26)37(35,36)23-6-2-4-18-5-3-10-29-24(18)23/h2-10,12,14-15,17,28H,11,13,16H2,1H3,(H,30,31,32). The SMILES string of the molecule is CC1CN(c2ccc(Nc3ncc4ccn(S(=O)(=O)c5cccc6cccnc56)c4n3)cc2F)CCN1. The van der Waals surface area contributed by atoms with Gasteiger partial charge in [-0.2, -0.15) is 4.98 Å². The number of hydrogen-bond acceptors (Lipinski definition) is 8. The Balaban J connectivity index is 1.33. The summed E-state index contributed by atoms with van der Waals surface area (Å²) >= 11 is 0. The molecule has 1 saturated heterocycles. The summed E-state index contributed by atoms with van der Waals surface area (Å²) in [5.41, 5.74) is 1.59. The summed E-state index contributed by atoms with van der Waals surface area (Å²) in [7, 11) is -4.00. The molecule has 9 nitrogen and oxygen atoms in total. The fourth-order valence-corrected chi connectivity index (χ4v) is 6.13. The van der Waals surface area contributed by atoms with Crippen molar-refractivity contribution < 1.29 is 12.8 Å². The van der Waals surface area contributed by atoms with Crippen LogP contribution in [0.4, 0.5) is 21.7 Å². The highest BCUT2D eigenvalue weighted by Crippen LogP contribution is 2.28. The van der Waals surface area contributed by atoms with Gasteiger partial charge >= 0.3 is 0 Å². The first-order chi connectivity index (χ1) is 17.9. The third kappa shape index (κ3) is 4.25. The number of benzene rings is 2. The second-order valence-corrected chi connectivity index (χ2v) is 10.8. The van der Waals surface area contributed by atoms with Gasteiger partial charge in [-0.05, 0) is 43.3 Å². The van der Waals surface area contributed by atoms with Crippen molar-refractivity contribution in [2.75, 3.05) is 29.9 Å². The minimum absolute atomic E-state index is 0.0797. The maximum Gasteiger partial charge on any atom is 0.271 e. The Labute approximate surface area is 213 Å². The summed E-state index contributed by atoms with van der Waals surface area (Å²) < 4.78 is 43.4. The van der Waals surface area contributed by atoms with Crippen molar-refractivity contribution in [2.45, 2.75) is 17.9 Å². The molecule has 0 spiro atoms. The number of nitrogens with zero attached hydrogens (tertiary/aromatic N) is 5. The number of piperazine rings is 1. The van der Waals surface area contributed by atoms with Crippen LogP contribution in [0.15, 0.2) is 78.1 Å². The third-order valence-electron chi connectivity index (χ3n) is 6.44. The van der Waals surface area contributed by atoms with E-state index in [1.165, 1.54) is 24.5 Å². The first kappa shape index (κ1) is 23.3. The van der Waals surface area contributed by atoms with Crippen LogP contribution in [0.3, 0.4) is 0 Å². The number of anilines is 3. The van der Waals surface area contributed by atoms with Gasteiger partial charge in [0.15, 0.2) is 5.65 Å². The predicted molar refractivity (Wildman–Crippen MR) is 141 cm³/mol. The largest absolute Gasteiger partial charge is 0.366 e. The normalized spacial score (nSPS) is 16.4. The van der Waals surface area contributed by atoms with Gasteiger partial charge in [0, 0.05) is 60.7 Å². The number of rotatable bonds is 5. The van der Waals surface area contributed by atoms with E-state index in [2.05, 4.69) is 32.5 Å². The maximum absolute atomic E-state index is 15.0. The molecule has 0 saturated carbocycles. The van der Waals surface area contributed by atoms with Gasteiger partial charge < -0.3 is 15.5 Å². The smallest absolute Gasteiger partial charge is 0.271 e. The Hall–Kier alpha value is -4.09. The van der Waals surface area contributed by atoms with Crippen LogP contribution in [0.25, 0.3) is 21.9 Å². The highest BCUT2D eigenvalue weighted by Gasteiger charge is 2.23. The van der Waals surface area contributed by atoms with E-state index in [0.29, 0.717) is 22.3 Å². The van der Waals surface area contributed by atoms with Gasteiger partial charge in [-0.3, -0.25) is 4.98 Å². The zero-order valence-electron chi connectivity index (χ0n) is 20.0. The van der Waals surface area contributed by atoms with Crippen molar-refractivity contribution in [3.05, 3.63) is 79.0 Å². The van der Waals surface area contributed by atoms with E-state index >= 15 is 0 Å². The zero-order chi connectivity index (χ0) is 25.6. The first-order valence-electron chi connectivity index (χ1n) is 11.9. The zero-order valence-corrected chi connectivity index (χ0v) is 20.8. The van der Waals surface area contributed by atoms with Gasteiger partial charge in [-0.15, -0.1) is 0 Å². The Morgan fingerprint density at radius 2 is 1.95 bits per heavy atom. The summed E-state index contributed by atoms with van der Waals surface area (Å²) in [6, 6.07) is 15.4. The molecule has 1 fully saturated rings. The molecule has 37 heavy (non-hydrogen) atoms. The Bertz CT molecular complexity index is 1730. The molecule has 2 aromatic carbocycles. The molecular weight excluding hydrogens is 493 g/mol. The lowest BCUT2D eigenvalue weighted by atomic mass is 10.2. The molecule has 1 unspecified atom stereocenters. The monoisotopic (exact) mass is 517 g/mol. The molecule has 0 bridgehead atoms. The number of aromatic nitrogens is 4. The van der Waals surface area contributed by atoms with Crippen molar-refractivity contribution in [3.8, 4) is 0 Å². The molecule has 1 aliphatic rings. The highest BCUT2D eigenvalue weighted by molar-refractivity contribution is 7.90. The fourth-order valence-electron chi connectivity index (χ4n) is 4.66. The van der Waals surface area contributed by atoms with Crippen LogP contribution >= 0.6 is 0 Å². The minimum Gasteiger partial charge on any atom is -0.366 e. The number of hydrogen-bond donors (Lipinski definition) is 2. The van der Waals surface area contributed by atoms with Crippen LogP contribution in [-0.2, 0) is 10.0 Å². The number of fused-ring (bicyclic) bond motifs is 2. The van der Waals surface area contributed by atoms with Crippen LogP contribution in [0.5, 0.6) is 0 Å². The summed E-state index contributed by atoms with van der Waals surface area (Å²) in [6.07, 6.45) is 4.54. The molecule has 5 aromatic rings. The summed E-state index contributed by atoms with van der Waals surface area (Å²) in [5, 5.41) is 7.62. The number of pyridine rings is 1. The quantitative estimate of drug-likeness (QED) is 0.362. The van der Waals surface area contributed by atoms with Gasteiger partial charge in [0.25, 0.3) is 10.0 Å². The van der Waals surface area contributed by atoms with Crippen molar-refractivity contribution in [2.24, 2.45) is 0 Å². The molecule has 2 N–H and O–H groups in total. The van der Waals surface area contributed by atoms with Crippen LogP contribution in [-0.4, -0.2) is 53.0 Å². The lowest BCUT2D eigenvalue weighted by molar-refractivity contribution is 0.478. The Morgan fingerprint density at radius 3 is 2.78 bits per heavy atom. The van der Waals surface area contributed by atoms with Crippen molar-refractivity contribution in [1.29, 1.82) is 0 Å². The van der Waals surface area contributed by atoms with E-state index in [9.17, 15) is 12.8 Å². The average molecular weight is 518 g/mol. The van der Waals surface area contributed by atoms with Gasteiger partial charge in [0.2, 0.25) is 5.95 Å². The molecule has 0 amide bonds. The summed E-state index contributed by atoms with van der Waals surface area (Å²) in [5.74, 6) is -0.198. The molecule has 1 aliphatic heterocycles. The molecule has 1 atom stereocenters. The van der Waals surface area contributed by atoms with Crippen LogP contribution < -0.4 is 15.5 Å². The molecule has 188 valence electrons. The summed E-state index contributed by atoms with van der Waals surface area (Å²) in [6.45, 7) is 4.32. The first-order valence-corrected chi connectivity index (χ1v) is 13.3. The van der Waals surface area contributed by atoms with Gasteiger partial charge in [0.1, 0.15) is 10.7 Å². The Morgan fingerprint density at radius 1 is 1.08 bits per heavy atom. The van der Waals surface area contributed by atoms with E-state index in [4.69, 9.17) is 0 Å². The molecular formula is C26H24FN7O2S. The van der Waals surface area contributed by atoms with Crippen LogP contribution in [0.2, 0.25) is 0 Å². The van der Waals surface area contributed by atoms with E-state index < -0.39 is 10.0 Å². The topological polar surface area (TPSA) is 105 Å². The second-order valence-electron chi connectivity index (χ2n) is 9.01. The number of para-hydroxylation sites is 1. The van der Waals surface area contributed by atoms with E-state index in [1.807, 2.05) is 17.0 Å². The Kier molecular flexibility index (Phi) is 5.73. The van der Waals surface area contributed by atoms with E-state index in [-0.39, 0.29) is 28.4 Å². The summed E-state index contributed by atoms with van der Waals surface area (Å²) in [4.78, 5) is 15.1. The molecule has 4 heterocycles. The molecule has 0 aliphatic carbocycles. The van der Waals surface area contributed by atoms with Gasteiger partial charge in [-0.25, -0.2) is 21.8 Å². The number of halogens is 1. The van der Waals surface area contributed by atoms with Crippen LogP contribution in [0, 0.1) is 5.82 Å². The molecule has 11 heteroatoms. The second kappa shape index (κ2) is 9.09. The number of nitrogens with one attached hydrogen (secondary N) is 2. The van der Waals surface area contributed by atoms with E-state index in [0.717, 1.165) is 29.0 Å². The minimum atomic E-state index is -4.00. The van der Waals surface area contributed by atoms with Crippen LogP contribution in [0.1, 0.15) is 6.92 Å². The van der Waals surface area contributed by atoms with Gasteiger partial charge in [-0.1, -0.05) is 18.2 Å². The molecule has 6 rings (SSSR count). The molecule has 3 aromatic heterocycles. The van der Waals surface area contributed by atoms with Crippen molar-refractivity contribution in [1.82, 2.24) is 24.2 Å². The fraction of sp³-hybridized carbons (Fsp3) is 0.192. The third-order valence-corrected chi connectivity index (χ3v) is 8.14. The average Bonchev–Trinajstić information content (AvgIpc) is 3.33. The highest BCUT2D eigenvalue weighted by atomic mass is 32.2. The lowest BCUT2D eigenvalue weighted by Gasteiger charge is -2.33. The van der Waals surface area contributed by atoms with Gasteiger partial charge in [0.05, 0.1) is 11.2 Å². The maximum atomic E-state index is 15.0. The lowest BCUT2D eigenvalue weighted by Crippen LogP contribution is -2.49. The predicted octanol–water partition coefficient (Wildman–Crippen LogP) is 3.90. The van der Waals surface area contributed by atoms with Crippen molar-refractivity contribution >= 4 is 49.3 Å². The molecule has 0 radical (unpaired) electrons. The van der Waals surface area contributed by atoms with E-state index in [1.54, 1.807) is 36.5 Å².